The van der Waals surface area contributed by atoms with Gasteiger partial charge in [-0.3, -0.25) is 14.3 Å². The molecule has 2 aliphatic heterocycles. The summed E-state index contributed by atoms with van der Waals surface area (Å²) in [6.45, 7) is 1.17. The number of nitrogens with one attached hydrogen (secondary N) is 1. The van der Waals surface area contributed by atoms with Crippen LogP contribution in [0.25, 0.3) is 0 Å². The average molecular weight is 344 g/mol. The molecule has 1 aromatic carbocycles. The van der Waals surface area contributed by atoms with Crippen LogP contribution in [0.15, 0.2) is 24.4 Å². The van der Waals surface area contributed by atoms with Gasteiger partial charge >= 0.3 is 0 Å². The fraction of sp³-hybridized carbons (Fsp3) is 0.353. The van der Waals surface area contributed by atoms with Gasteiger partial charge in [0.15, 0.2) is 0 Å². The van der Waals surface area contributed by atoms with Crippen LogP contribution in [0, 0.1) is 5.82 Å². The number of rotatable bonds is 3. The number of aliphatic hydroxyl groups excluding tert-OH is 1. The summed E-state index contributed by atoms with van der Waals surface area (Å²) in [6, 6.07) is 4.10. The van der Waals surface area contributed by atoms with Crippen molar-refractivity contribution in [1.29, 1.82) is 0 Å². The van der Waals surface area contributed by atoms with Gasteiger partial charge in [0, 0.05) is 24.2 Å². The molecular formula is C17H17FN4O3. The molecule has 1 atom stereocenters. The van der Waals surface area contributed by atoms with Crippen molar-refractivity contribution in [2.75, 3.05) is 11.9 Å². The van der Waals surface area contributed by atoms with Crippen molar-refractivity contribution in [2.45, 2.75) is 32.0 Å². The number of carbonyl (C=O) groups excluding carboxylic acids is 2. The normalized spacial score (nSPS) is 18.7. The zero-order chi connectivity index (χ0) is 17.6. The van der Waals surface area contributed by atoms with Crippen LogP contribution in [-0.4, -0.2) is 38.2 Å². The molecule has 3 heterocycles. The number of anilines is 1. The first-order valence-electron chi connectivity index (χ1n) is 8.09. The summed E-state index contributed by atoms with van der Waals surface area (Å²) in [5, 5.41) is 15.9. The van der Waals surface area contributed by atoms with Crippen molar-refractivity contribution in [3.63, 3.8) is 0 Å². The molecule has 2 N–H and O–H groups in total. The minimum absolute atomic E-state index is 0.0240. The van der Waals surface area contributed by atoms with Crippen LogP contribution in [0.4, 0.5) is 10.1 Å². The van der Waals surface area contributed by atoms with E-state index in [4.69, 9.17) is 5.11 Å². The number of benzene rings is 1. The minimum atomic E-state index is -0.618. The molecule has 1 aromatic heterocycles. The third-order valence-electron chi connectivity index (χ3n) is 4.71. The standard InChI is InChI=1S/C17H17FN4O3/c18-11-1-2-12-13(6-16(24)20-14(12)5-11)17(25)21-8-10-7-19-22(3-4-23)15(10)9-21/h1-2,5,7,13,23H,3-4,6,8-9H2,(H,20,24)/t13-/m0/s1. The molecule has 0 fully saturated rings. The predicted molar refractivity (Wildman–Crippen MR) is 86.0 cm³/mol. The fourth-order valence-corrected chi connectivity index (χ4v) is 3.53. The Morgan fingerprint density at radius 3 is 3.04 bits per heavy atom. The van der Waals surface area contributed by atoms with E-state index in [-0.39, 0.29) is 24.8 Å². The second-order valence-electron chi connectivity index (χ2n) is 6.29. The smallest absolute Gasteiger partial charge is 0.231 e. The zero-order valence-corrected chi connectivity index (χ0v) is 13.4. The Balaban J connectivity index is 1.59. The van der Waals surface area contributed by atoms with Gasteiger partial charge in [-0.1, -0.05) is 6.07 Å². The van der Waals surface area contributed by atoms with Gasteiger partial charge in [0.1, 0.15) is 5.82 Å². The lowest BCUT2D eigenvalue weighted by Gasteiger charge is -2.28. The Bertz CT molecular complexity index is 864. The number of hydrogen-bond donors (Lipinski definition) is 2. The quantitative estimate of drug-likeness (QED) is 0.869. The van der Waals surface area contributed by atoms with E-state index >= 15 is 0 Å². The lowest BCUT2D eigenvalue weighted by atomic mass is 9.89. The first-order valence-corrected chi connectivity index (χ1v) is 8.09. The van der Waals surface area contributed by atoms with E-state index < -0.39 is 11.7 Å². The van der Waals surface area contributed by atoms with Crippen molar-refractivity contribution in [3.05, 3.63) is 47.0 Å². The number of nitrogens with zero attached hydrogens (tertiary/aromatic N) is 3. The Morgan fingerprint density at radius 2 is 2.24 bits per heavy atom. The van der Waals surface area contributed by atoms with Gasteiger partial charge in [0.05, 0.1) is 37.5 Å². The van der Waals surface area contributed by atoms with Crippen molar-refractivity contribution in [1.82, 2.24) is 14.7 Å². The summed E-state index contributed by atoms with van der Waals surface area (Å²) in [7, 11) is 0. The zero-order valence-electron chi connectivity index (χ0n) is 13.4. The summed E-state index contributed by atoms with van der Waals surface area (Å²) in [6.07, 6.45) is 1.75. The van der Waals surface area contributed by atoms with Gasteiger partial charge in [-0.15, -0.1) is 0 Å². The van der Waals surface area contributed by atoms with Crippen LogP contribution in [0.5, 0.6) is 0 Å². The summed E-state index contributed by atoms with van der Waals surface area (Å²) in [5.74, 6) is -1.52. The highest BCUT2D eigenvalue weighted by Gasteiger charge is 2.36. The fourth-order valence-electron chi connectivity index (χ4n) is 3.53. The van der Waals surface area contributed by atoms with E-state index in [0.717, 1.165) is 11.3 Å². The highest BCUT2D eigenvalue weighted by atomic mass is 19.1. The molecule has 0 bridgehead atoms. The van der Waals surface area contributed by atoms with Crippen LogP contribution in [-0.2, 0) is 29.2 Å². The number of aliphatic hydroxyl groups is 1. The topological polar surface area (TPSA) is 87.5 Å². The van der Waals surface area contributed by atoms with E-state index in [1.807, 2.05) is 0 Å². The highest BCUT2D eigenvalue weighted by molar-refractivity contribution is 6.01. The van der Waals surface area contributed by atoms with E-state index in [9.17, 15) is 14.0 Å². The molecule has 2 amide bonds. The molecule has 0 saturated carbocycles. The largest absolute Gasteiger partial charge is 0.394 e. The Labute approximate surface area is 143 Å². The molecule has 4 rings (SSSR count). The highest BCUT2D eigenvalue weighted by Crippen LogP contribution is 2.36. The van der Waals surface area contributed by atoms with Crippen LogP contribution >= 0.6 is 0 Å². The van der Waals surface area contributed by atoms with Gasteiger partial charge in [0.2, 0.25) is 11.8 Å². The number of aromatic nitrogens is 2. The maximum atomic E-state index is 13.4. The number of carbonyl (C=O) groups is 2. The van der Waals surface area contributed by atoms with Gasteiger partial charge in [-0.2, -0.15) is 5.10 Å². The Kier molecular flexibility index (Phi) is 3.76. The molecule has 25 heavy (non-hydrogen) atoms. The van der Waals surface area contributed by atoms with Crippen LogP contribution in [0.2, 0.25) is 0 Å². The van der Waals surface area contributed by atoms with E-state index in [1.165, 1.54) is 12.1 Å². The first-order chi connectivity index (χ1) is 12.1. The summed E-state index contributed by atoms with van der Waals surface area (Å²) < 4.78 is 15.1. The molecule has 0 radical (unpaired) electrons. The third-order valence-corrected chi connectivity index (χ3v) is 4.71. The summed E-state index contributed by atoms with van der Waals surface area (Å²) in [5.41, 5.74) is 2.85. The lowest BCUT2D eigenvalue weighted by molar-refractivity contribution is -0.135. The number of amides is 2. The van der Waals surface area contributed by atoms with Gasteiger partial charge < -0.3 is 15.3 Å². The molecule has 130 valence electrons. The van der Waals surface area contributed by atoms with Crippen LogP contribution < -0.4 is 5.32 Å². The van der Waals surface area contributed by atoms with Gasteiger partial charge in [0.25, 0.3) is 0 Å². The number of hydrogen-bond acceptors (Lipinski definition) is 4. The molecule has 0 unspecified atom stereocenters. The molecule has 0 saturated heterocycles. The van der Waals surface area contributed by atoms with Crippen LogP contribution in [0.3, 0.4) is 0 Å². The van der Waals surface area contributed by atoms with Crippen molar-refractivity contribution in [3.8, 4) is 0 Å². The monoisotopic (exact) mass is 344 g/mol. The van der Waals surface area contributed by atoms with Gasteiger partial charge in [-0.05, 0) is 17.7 Å². The summed E-state index contributed by atoms with van der Waals surface area (Å²) in [4.78, 5) is 26.6. The average Bonchev–Trinajstić information content (AvgIpc) is 3.15. The molecule has 0 spiro atoms. The summed E-state index contributed by atoms with van der Waals surface area (Å²) >= 11 is 0. The van der Waals surface area contributed by atoms with E-state index in [2.05, 4.69) is 10.4 Å². The van der Waals surface area contributed by atoms with E-state index in [0.29, 0.717) is 30.9 Å². The van der Waals surface area contributed by atoms with Crippen LogP contribution in [0.1, 0.15) is 29.2 Å². The second kappa shape index (κ2) is 5.96. The second-order valence-corrected chi connectivity index (χ2v) is 6.29. The van der Waals surface area contributed by atoms with Crippen molar-refractivity contribution >= 4 is 17.5 Å². The number of fused-ring (bicyclic) bond motifs is 2. The van der Waals surface area contributed by atoms with Crippen molar-refractivity contribution in [2.24, 2.45) is 0 Å². The molecular weight excluding hydrogens is 327 g/mol. The molecule has 8 heteroatoms. The maximum Gasteiger partial charge on any atom is 0.231 e. The lowest BCUT2D eigenvalue weighted by Crippen LogP contribution is -2.36. The van der Waals surface area contributed by atoms with Gasteiger partial charge in [-0.25, -0.2) is 4.39 Å². The first kappa shape index (κ1) is 15.8. The van der Waals surface area contributed by atoms with Crippen molar-refractivity contribution < 1.29 is 19.1 Å². The Morgan fingerprint density at radius 1 is 1.40 bits per heavy atom. The molecule has 0 aliphatic carbocycles. The molecule has 2 aliphatic rings. The molecule has 7 nitrogen and oxygen atoms in total. The van der Waals surface area contributed by atoms with E-state index in [1.54, 1.807) is 21.8 Å². The Hall–Kier alpha value is -2.74. The maximum absolute atomic E-state index is 13.4. The molecule has 2 aromatic rings. The number of halogens is 1. The predicted octanol–water partition coefficient (Wildman–Crippen LogP) is 0.983. The minimum Gasteiger partial charge on any atom is -0.394 e. The third kappa shape index (κ3) is 2.68. The SMILES string of the molecule is O=C1C[C@H](C(=O)N2Cc3cnn(CCO)c3C2)c2ccc(F)cc2N1.